The maximum Gasteiger partial charge on any atom is 0.337 e. The average Bonchev–Trinajstić information content (AvgIpc) is 2.74. The van der Waals surface area contributed by atoms with Gasteiger partial charge in [-0.3, -0.25) is 4.79 Å². The Labute approximate surface area is 178 Å². The van der Waals surface area contributed by atoms with Gasteiger partial charge in [0.1, 0.15) is 18.0 Å². The molecule has 31 heavy (non-hydrogen) atoms. The van der Waals surface area contributed by atoms with Crippen LogP contribution in [0.2, 0.25) is 0 Å². The van der Waals surface area contributed by atoms with Gasteiger partial charge in [-0.05, 0) is 26.0 Å². The molecule has 2 rings (SSSR count). The van der Waals surface area contributed by atoms with Gasteiger partial charge in [0.05, 0.1) is 32.0 Å². The number of anilines is 1. The van der Waals surface area contributed by atoms with Crippen LogP contribution in [0.5, 0.6) is 11.5 Å². The maximum atomic E-state index is 12.7. The van der Waals surface area contributed by atoms with Crippen LogP contribution in [-0.4, -0.2) is 32.8 Å². The normalized spacial score (nSPS) is 10.4. The van der Waals surface area contributed by atoms with E-state index in [9.17, 15) is 19.2 Å². The second-order valence-corrected chi connectivity index (χ2v) is 6.30. The highest BCUT2D eigenvalue weighted by atomic mass is 16.5. The lowest BCUT2D eigenvalue weighted by Gasteiger charge is -2.15. The highest BCUT2D eigenvalue weighted by molar-refractivity contribution is 5.92. The summed E-state index contributed by atoms with van der Waals surface area (Å²) in [6.45, 7) is 10.6. The molecule has 1 amide bonds. The summed E-state index contributed by atoms with van der Waals surface area (Å²) in [6.07, 6.45) is 2.70. The molecule has 10 nitrogen and oxygen atoms in total. The fraction of sp³-hybridized carbons (Fsp3) is 0.333. The minimum absolute atomic E-state index is 0.110. The van der Waals surface area contributed by atoms with Crippen molar-refractivity contribution in [2.24, 2.45) is 0 Å². The highest BCUT2D eigenvalue weighted by Crippen LogP contribution is 2.29. The number of nitrogens with one attached hydrogen (secondary N) is 1. The van der Waals surface area contributed by atoms with E-state index in [1.54, 1.807) is 25.1 Å². The minimum Gasteiger partial charge on any atom is -0.494 e. The van der Waals surface area contributed by atoms with Crippen molar-refractivity contribution in [1.29, 1.82) is 0 Å². The maximum absolute atomic E-state index is 12.7. The van der Waals surface area contributed by atoms with Gasteiger partial charge in [-0.25, -0.2) is 28.1 Å². The Morgan fingerprint density at radius 1 is 0.935 bits per heavy atom. The Bertz CT molecular complexity index is 1090. The van der Waals surface area contributed by atoms with Crippen molar-refractivity contribution < 1.29 is 14.3 Å². The molecule has 1 heterocycles. The molecule has 0 bridgehead atoms. The number of carbonyl (C=O) groups excluding carboxylic acids is 1. The fourth-order valence-corrected chi connectivity index (χ4v) is 2.87. The standard InChI is InChI=1S/C21H26N4O6/c1-5-11-23-19(27)24(12-6-2)21(29)25(20(23)28)14-18(26)22-16-13-15(30-7-3)9-10-17(16)31-8-4/h5-6,9-10,13H,1-2,7-8,11-12,14H2,3-4H3,(H,22,26). The van der Waals surface area contributed by atoms with Crippen LogP contribution in [0.4, 0.5) is 5.69 Å². The highest BCUT2D eigenvalue weighted by Gasteiger charge is 2.17. The van der Waals surface area contributed by atoms with E-state index in [2.05, 4.69) is 18.5 Å². The van der Waals surface area contributed by atoms with Gasteiger partial charge < -0.3 is 14.8 Å². The first-order valence-corrected chi connectivity index (χ1v) is 9.73. The van der Waals surface area contributed by atoms with E-state index in [0.29, 0.717) is 35.0 Å². The summed E-state index contributed by atoms with van der Waals surface area (Å²) in [5, 5.41) is 2.64. The monoisotopic (exact) mass is 430 g/mol. The summed E-state index contributed by atoms with van der Waals surface area (Å²) in [6, 6.07) is 4.94. The predicted octanol–water partition coefficient (Wildman–Crippen LogP) is 0.980. The molecule has 0 saturated carbocycles. The molecule has 0 saturated heterocycles. The van der Waals surface area contributed by atoms with Gasteiger partial charge >= 0.3 is 17.1 Å². The van der Waals surface area contributed by atoms with Gasteiger partial charge in [-0.2, -0.15) is 0 Å². The number of benzene rings is 1. The Hall–Kier alpha value is -3.82. The van der Waals surface area contributed by atoms with E-state index in [1.165, 1.54) is 12.2 Å². The second-order valence-electron chi connectivity index (χ2n) is 6.30. The van der Waals surface area contributed by atoms with Crippen molar-refractivity contribution in [3.8, 4) is 11.5 Å². The Balaban J connectivity index is 2.44. The number of hydrogen-bond acceptors (Lipinski definition) is 6. The van der Waals surface area contributed by atoms with Crippen molar-refractivity contribution in [3.63, 3.8) is 0 Å². The zero-order chi connectivity index (χ0) is 23.0. The van der Waals surface area contributed by atoms with E-state index in [1.807, 2.05) is 6.92 Å². The van der Waals surface area contributed by atoms with Crippen LogP contribution in [0.1, 0.15) is 13.8 Å². The molecular formula is C21H26N4O6. The smallest absolute Gasteiger partial charge is 0.337 e. The number of rotatable bonds is 11. The summed E-state index contributed by atoms with van der Waals surface area (Å²) in [7, 11) is 0. The van der Waals surface area contributed by atoms with Crippen LogP contribution in [0.3, 0.4) is 0 Å². The van der Waals surface area contributed by atoms with Gasteiger partial charge in [-0.1, -0.05) is 12.2 Å². The topological polar surface area (TPSA) is 114 Å². The Morgan fingerprint density at radius 3 is 2.00 bits per heavy atom. The molecule has 0 aliphatic rings. The predicted molar refractivity (Wildman–Crippen MR) is 117 cm³/mol. The molecule has 1 N–H and O–H groups in total. The van der Waals surface area contributed by atoms with Crippen molar-refractivity contribution in [1.82, 2.24) is 13.7 Å². The van der Waals surface area contributed by atoms with Crippen LogP contribution < -0.4 is 31.9 Å². The lowest BCUT2D eigenvalue weighted by atomic mass is 10.2. The second kappa shape index (κ2) is 10.8. The summed E-state index contributed by atoms with van der Waals surface area (Å²) >= 11 is 0. The first-order chi connectivity index (χ1) is 14.9. The number of carbonyl (C=O) groups is 1. The van der Waals surface area contributed by atoms with Crippen LogP contribution in [0.25, 0.3) is 0 Å². The van der Waals surface area contributed by atoms with Crippen molar-refractivity contribution in [3.05, 3.63) is 75.0 Å². The molecule has 0 fully saturated rings. The third-order valence-corrected chi connectivity index (χ3v) is 4.15. The summed E-state index contributed by atoms with van der Waals surface area (Å²) in [4.78, 5) is 50.4. The zero-order valence-electron chi connectivity index (χ0n) is 17.6. The quantitative estimate of drug-likeness (QED) is 0.532. The first kappa shape index (κ1) is 23.5. The molecule has 0 atom stereocenters. The summed E-state index contributed by atoms with van der Waals surface area (Å²) < 4.78 is 13.3. The Kier molecular flexibility index (Phi) is 8.18. The summed E-state index contributed by atoms with van der Waals surface area (Å²) in [5.74, 6) is 0.279. The number of hydrogen-bond donors (Lipinski definition) is 1. The molecule has 2 aromatic rings. The Morgan fingerprint density at radius 2 is 1.48 bits per heavy atom. The van der Waals surface area contributed by atoms with Crippen LogP contribution in [0.15, 0.2) is 57.9 Å². The molecular weight excluding hydrogens is 404 g/mol. The van der Waals surface area contributed by atoms with Gasteiger partial charge in [-0.15, -0.1) is 13.2 Å². The molecule has 1 aromatic heterocycles. The number of ether oxygens (including phenoxy) is 2. The molecule has 0 unspecified atom stereocenters. The van der Waals surface area contributed by atoms with Crippen LogP contribution in [-0.2, 0) is 24.4 Å². The SMILES string of the molecule is C=CCn1c(=O)n(CC=C)c(=O)n(CC(=O)Nc2cc(OCC)ccc2OCC)c1=O. The number of amides is 1. The lowest BCUT2D eigenvalue weighted by molar-refractivity contribution is -0.116. The van der Waals surface area contributed by atoms with Gasteiger partial charge in [0.15, 0.2) is 0 Å². The molecule has 166 valence electrons. The molecule has 0 aliphatic heterocycles. The van der Waals surface area contributed by atoms with E-state index >= 15 is 0 Å². The molecule has 10 heteroatoms. The van der Waals surface area contributed by atoms with Crippen molar-refractivity contribution in [2.45, 2.75) is 33.5 Å². The van der Waals surface area contributed by atoms with Gasteiger partial charge in [0, 0.05) is 6.07 Å². The third kappa shape index (κ3) is 5.41. The first-order valence-electron chi connectivity index (χ1n) is 9.73. The number of allylic oxidation sites excluding steroid dienone is 2. The van der Waals surface area contributed by atoms with Crippen molar-refractivity contribution >= 4 is 11.6 Å². The van der Waals surface area contributed by atoms with E-state index in [4.69, 9.17) is 9.47 Å². The average molecular weight is 430 g/mol. The molecule has 0 radical (unpaired) electrons. The van der Waals surface area contributed by atoms with Crippen LogP contribution in [0, 0.1) is 0 Å². The fourth-order valence-electron chi connectivity index (χ4n) is 2.87. The molecule has 1 aromatic carbocycles. The zero-order valence-corrected chi connectivity index (χ0v) is 17.6. The van der Waals surface area contributed by atoms with Crippen molar-refractivity contribution in [2.75, 3.05) is 18.5 Å². The molecule has 0 spiro atoms. The van der Waals surface area contributed by atoms with E-state index in [-0.39, 0.29) is 13.1 Å². The minimum atomic E-state index is -0.904. The van der Waals surface area contributed by atoms with E-state index < -0.39 is 29.5 Å². The molecule has 0 aliphatic carbocycles. The summed E-state index contributed by atoms with van der Waals surface area (Å²) in [5.41, 5.74) is -2.27. The van der Waals surface area contributed by atoms with Crippen LogP contribution >= 0.6 is 0 Å². The third-order valence-electron chi connectivity index (χ3n) is 4.15. The number of aromatic nitrogens is 3. The van der Waals surface area contributed by atoms with Gasteiger partial charge in [0.25, 0.3) is 0 Å². The lowest BCUT2D eigenvalue weighted by Crippen LogP contribution is -2.55. The number of nitrogens with zero attached hydrogens (tertiary/aromatic N) is 3. The van der Waals surface area contributed by atoms with E-state index in [0.717, 1.165) is 9.13 Å². The largest absolute Gasteiger partial charge is 0.494 e. The van der Waals surface area contributed by atoms with Gasteiger partial charge in [0.2, 0.25) is 5.91 Å².